The summed E-state index contributed by atoms with van der Waals surface area (Å²) in [5.41, 5.74) is 3.84. The van der Waals surface area contributed by atoms with Gasteiger partial charge in [-0.15, -0.1) is 0 Å². The van der Waals surface area contributed by atoms with E-state index in [0.29, 0.717) is 16.2 Å². The number of halogens is 2. The van der Waals surface area contributed by atoms with Crippen molar-refractivity contribution in [1.82, 2.24) is 4.98 Å². The van der Waals surface area contributed by atoms with Crippen molar-refractivity contribution in [2.24, 2.45) is 10.7 Å². The number of benzene rings is 1. The molecule has 0 spiro atoms. The van der Waals surface area contributed by atoms with Crippen LogP contribution in [0.1, 0.15) is 42.4 Å². The number of thioether (sulfide) groups is 1. The Morgan fingerprint density at radius 3 is 2.67 bits per heavy atom. The first kappa shape index (κ1) is 21.5. The Labute approximate surface area is 176 Å². The highest BCUT2D eigenvalue weighted by molar-refractivity contribution is 8.17. The molecule has 1 aromatic carbocycles. The molecule has 1 aliphatic rings. The fraction of sp³-hybridized carbons (Fsp3) is 0.238. The molecule has 0 aliphatic carbocycles. The minimum atomic E-state index is -1.67. The van der Waals surface area contributed by atoms with E-state index in [1.807, 2.05) is 6.07 Å². The molecule has 2 heterocycles. The molecule has 0 radical (unpaired) electrons. The molecule has 0 fully saturated rings. The van der Waals surface area contributed by atoms with E-state index in [4.69, 9.17) is 11.0 Å². The topological polar surface area (TPSA) is 104 Å². The lowest BCUT2D eigenvalue weighted by Gasteiger charge is -2.31. The van der Waals surface area contributed by atoms with Gasteiger partial charge >= 0.3 is 0 Å². The average Bonchev–Trinajstić information content (AvgIpc) is 2.68. The molecular formula is C21H19F2N5OS. The molecule has 1 amide bonds. The third kappa shape index (κ3) is 4.49. The smallest absolute Gasteiger partial charge is 0.274 e. The zero-order chi connectivity index (χ0) is 22.1. The number of hydrogen-bond donors (Lipinski definition) is 2. The molecule has 0 bridgehead atoms. The number of rotatable bonds is 4. The van der Waals surface area contributed by atoms with Gasteiger partial charge in [0.15, 0.2) is 5.17 Å². The van der Waals surface area contributed by atoms with Crippen LogP contribution in [0.4, 0.5) is 14.5 Å². The van der Waals surface area contributed by atoms with Crippen molar-refractivity contribution >= 4 is 28.5 Å². The molecule has 0 unspecified atom stereocenters. The van der Waals surface area contributed by atoms with Crippen molar-refractivity contribution < 1.29 is 13.6 Å². The molecule has 1 aromatic heterocycles. The van der Waals surface area contributed by atoms with E-state index in [9.17, 15) is 13.6 Å². The van der Waals surface area contributed by atoms with E-state index in [1.54, 1.807) is 13.0 Å². The van der Waals surface area contributed by atoms with Gasteiger partial charge in [-0.2, -0.15) is 5.26 Å². The zero-order valence-electron chi connectivity index (χ0n) is 16.5. The number of nitriles is 1. The summed E-state index contributed by atoms with van der Waals surface area (Å²) in [7, 11) is 0. The van der Waals surface area contributed by atoms with Gasteiger partial charge in [-0.05, 0) is 57.2 Å². The Morgan fingerprint density at radius 1 is 1.33 bits per heavy atom. The molecule has 9 heteroatoms. The van der Waals surface area contributed by atoms with E-state index >= 15 is 0 Å². The van der Waals surface area contributed by atoms with Crippen LogP contribution in [0.25, 0.3) is 0 Å². The highest BCUT2D eigenvalue weighted by Gasteiger charge is 2.36. The van der Waals surface area contributed by atoms with Gasteiger partial charge in [-0.3, -0.25) is 4.79 Å². The molecule has 3 rings (SSSR count). The molecule has 2 aromatic rings. The second kappa shape index (κ2) is 7.88. The highest BCUT2D eigenvalue weighted by atomic mass is 32.2. The third-order valence-electron chi connectivity index (χ3n) is 4.45. The molecule has 6 nitrogen and oxygen atoms in total. The molecule has 154 valence electrons. The van der Waals surface area contributed by atoms with Gasteiger partial charge in [0, 0.05) is 22.4 Å². The van der Waals surface area contributed by atoms with Gasteiger partial charge in [0.1, 0.15) is 28.8 Å². The first-order valence-corrected chi connectivity index (χ1v) is 9.76. The number of carbonyl (C=O) groups excluding carboxylic acids is 1. The number of nitrogens with one attached hydrogen (secondary N) is 1. The van der Waals surface area contributed by atoms with Crippen LogP contribution in [0.15, 0.2) is 52.5 Å². The van der Waals surface area contributed by atoms with E-state index in [1.165, 1.54) is 50.4 Å². The van der Waals surface area contributed by atoms with Crippen molar-refractivity contribution in [2.75, 3.05) is 5.32 Å². The summed E-state index contributed by atoms with van der Waals surface area (Å²) in [5, 5.41) is 11.6. The number of nitrogens with two attached hydrogens (primary N) is 1. The Hall–Kier alpha value is -3.25. The quantitative estimate of drug-likeness (QED) is 0.759. The SMILES string of the molecule is CC(C)(F)C1=C[C@@](C)(c2cc(NC(=O)c3ccc(C#N)cn3)ccc2F)N=C(N)S1. The Morgan fingerprint density at radius 2 is 2.07 bits per heavy atom. The van der Waals surface area contributed by atoms with Gasteiger partial charge < -0.3 is 11.1 Å². The van der Waals surface area contributed by atoms with Crippen LogP contribution in [0.2, 0.25) is 0 Å². The Kier molecular flexibility index (Phi) is 5.63. The lowest BCUT2D eigenvalue weighted by molar-refractivity contribution is 0.102. The second-order valence-corrected chi connectivity index (χ2v) is 8.44. The molecular weight excluding hydrogens is 408 g/mol. The number of amides is 1. The van der Waals surface area contributed by atoms with Gasteiger partial charge in [-0.1, -0.05) is 11.8 Å². The Balaban J connectivity index is 1.95. The first-order valence-electron chi connectivity index (χ1n) is 8.95. The predicted molar refractivity (Wildman–Crippen MR) is 113 cm³/mol. The van der Waals surface area contributed by atoms with Crippen LogP contribution in [0.3, 0.4) is 0 Å². The summed E-state index contributed by atoms with van der Waals surface area (Å²) in [5.74, 6) is -1.09. The number of aromatic nitrogens is 1. The summed E-state index contributed by atoms with van der Waals surface area (Å²) < 4.78 is 29.2. The lowest BCUT2D eigenvalue weighted by Crippen LogP contribution is -2.30. The van der Waals surface area contributed by atoms with E-state index in [0.717, 1.165) is 11.8 Å². The van der Waals surface area contributed by atoms with Crippen LogP contribution in [0.5, 0.6) is 0 Å². The van der Waals surface area contributed by atoms with Gasteiger partial charge in [0.25, 0.3) is 5.91 Å². The summed E-state index contributed by atoms with van der Waals surface area (Å²) in [6, 6.07) is 8.85. The highest BCUT2D eigenvalue weighted by Crippen LogP contribution is 2.42. The number of hydrogen-bond acceptors (Lipinski definition) is 6. The third-order valence-corrected chi connectivity index (χ3v) is 5.57. The number of nitrogens with zero attached hydrogens (tertiary/aromatic N) is 3. The normalized spacial score (nSPS) is 18.8. The molecule has 30 heavy (non-hydrogen) atoms. The van der Waals surface area contributed by atoms with E-state index in [-0.39, 0.29) is 16.4 Å². The number of anilines is 1. The maximum Gasteiger partial charge on any atom is 0.274 e. The maximum atomic E-state index is 14.7. The molecule has 1 atom stereocenters. The number of pyridine rings is 1. The molecule has 1 aliphatic heterocycles. The average molecular weight is 427 g/mol. The standard InChI is InChI=1S/C21H19F2N5OS/c1-20(2,23)17-9-21(3,28-19(25)30-17)14-8-13(5-6-15(14)22)27-18(29)16-7-4-12(10-24)11-26-16/h4-9,11H,1-3H3,(H2,25,28)(H,27,29)/t21-/m0/s1. The van der Waals surface area contributed by atoms with Crippen molar-refractivity contribution in [2.45, 2.75) is 32.0 Å². The van der Waals surface area contributed by atoms with Gasteiger partial charge in [-0.25, -0.2) is 18.8 Å². The fourth-order valence-corrected chi connectivity index (χ4v) is 3.88. The zero-order valence-corrected chi connectivity index (χ0v) is 17.3. The first-order chi connectivity index (χ1) is 14.0. The Bertz CT molecular complexity index is 1100. The largest absolute Gasteiger partial charge is 0.378 e. The van der Waals surface area contributed by atoms with Gasteiger partial charge in [0.2, 0.25) is 0 Å². The summed E-state index contributed by atoms with van der Waals surface area (Å²) >= 11 is 1.00. The molecule has 0 saturated carbocycles. The van der Waals surface area contributed by atoms with Crippen LogP contribution in [-0.4, -0.2) is 21.7 Å². The minimum absolute atomic E-state index is 0.101. The van der Waals surface area contributed by atoms with Crippen LogP contribution in [0, 0.1) is 17.1 Å². The van der Waals surface area contributed by atoms with E-state index in [2.05, 4.69) is 15.3 Å². The summed E-state index contributed by atoms with van der Waals surface area (Å²) in [6.07, 6.45) is 2.83. The summed E-state index contributed by atoms with van der Waals surface area (Å²) in [4.78, 5) is 21.0. The predicted octanol–water partition coefficient (Wildman–Crippen LogP) is 4.25. The summed E-state index contributed by atoms with van der Waals surface area (Å²) in [6.45, 7) is 4.41. The van der Waals surface area contributed by atoms with Crippen LogP contribution in [-0.2, 0) is 5.54 Å². The van der Waals surface area contributed by atoms with Crippen LogP contribution < -0.4 is 11.1 Å². The van der Waals surface area contributed by atoms with Crippen molar-refractivity contribution in [3.05, 3.63) is 70.1 Å². The second-order valence-electron chi connectivity index (χ2n) is 7.37. The molecule has 0 saturated heterocycles. The van der Waals surface area contributed by atoms with Crippen molar-refractivity contribution in [3.8, 4) is 6.07 Å². The van der Waals surface area contributed by atoms with Gasteiger partial charge in [0.05, 0.1) is 5.56 Å². The number of alkyl halides is 1. The number of carbonyl (C=O) groups is 1. The van der Waals surface area contributed by atoms with Crippen molar-refractivity contribution in [1.29, 1.82) is 5.26 Å². The maximum absolute atomic E-state index is 14.7. The monoisotopic (exact) mass is 427 g/mol. The van der Waals surface area contributed by atoms with Crippen molar-refractivity contribution in [3.63, 3.8) is 0 Å². The fourth-order valence-electron chi connectivity index (χ4n) is 2.89. The van der Waals surface area contributed by atoms with E-state index < -0.39 is 22.9 Å². The number of amidine groups is 1. The number of aliphatic imine (C=N–C) groups is 1. The van der Waals surface area contributed by atoms with Crippen LogP contribution >= 0.6 is 11.8 Å². The lowest BCUT2D eigenvalue weighted by atomic mass is 9.89. The molecule has 3 N–H and O–H groups in total. The number of allylic oxidation sites excluding steroid dienone is 1. The minimum Gasteiger partial charge on any atom is -0.378 e.